The van der Waals surface area contributed by atoms with Crippen LogP contribution in [0.3, 0.4) is 0 Å². The van der Waals surface area contributed by atoms with Crippen molar-refractivity contribution in [1.29, 1.82) is 0 Å². The largest absolute Gasteiger partial charge is 0.466 e. The smallest absolute Gasteiger partial charge is 0.309 e. The van der Waals surface area contributed by atoms with Crippen LogP contribution in [0.4, 0.5) is 0 Å². The predicted octanol–water partition coefficient (Wildman–Crippen LogP) is 4.72. The first-order valence-corrected chi connectivity index (χ1v) is 10.8. The van der Waals surface area contributed by atoms with Crippen LogP contribution in [-0.2, 0) is 9.53 Å². The van der Waals surface area contributed by atoms with E-state index < -0.39 is 6.04 Å². The molecule has 3 rings (SSSR count). The zero-order valence-corrected chi connectivity index (χ0v) is 18.0. The van der Waals surface area contributed by atoms with Gasteiger partial charge in [-0.1, -0.05) is 40.9 Å². The number of hydrogen-bond acceptors (Lipinski definition) is 5. The topological polar surface area (TPSA) is 72.7 Å². The molecule has 2 unspecified atom stereocenters. The molecular formula is C21H26Cl2N2O4. The number of rotatable bonds is 6. The van der Waals surface area contributed by atoms with Gasteiger partial charge in [-0.2, -0.15) is 0 Å². The van der Waals surface area contributed by atoms with E-state index in [1.807, 2.05) is 6.92 Å². The molecule has 1 fully saturated rings. The second-order valence-corrected chi connectivity index (χ2v) is 8.57. The molecule has 29 heavy (non-hydrogen) atoms. The molecule has 0 bridgehead atoms. The number of carbonyl (C=O) groups excluding carboxylic acids is 1. The van der Waals surface area contributed by atoms with Crippen LogP contribution in [0.1, 0.15) is 44.1 Å². The number of nitro groups is 1. The molecule has 0 spiro atoms. The van der Waals surface area contributed by atoms with Gasteiger partial charge < -0.3 is 4.74 Å². The van der Waals surface area contributed by atoms with E-state index in [1.165, 1.54) is 0 Å². The van der Waals surface area contributed by atoms with Crippen LogP contribution in [0, 0.1) is 16.0 Å². The van der Waals surface area contributed by atoms with E-state index in [2.05, 4.69) is 11.0 Å². The summed E-state index contributed by atoms with van der Waals surface area (Å²) in [6.45, 7) is 4.54. The molecule has 1 aromatic carbocycles. The summed E-state index contributed by atoms with van der Waals surface area (Å²) in [6, 6.07) is 4.46. The fourth-order valence-corrected chi connectivity index (χ4v) is 4.85. The Morgan fingerprint density at radius 3 is 2.66 bits per heavy atom. The number of benzene rings is 1. The molecule has 0 radical (unpaired) electrons. The summed E-state index contributed by atoms with van der Waals surface area (Å²) < 4.78 is 5.11. The molecule has 158 valence electrons. The third-order valence-corrected chi connectivity index (χ3v) is 6.43. The number of carbonyl (C=O) groups is 1. The Morgan fingerprint density at radius 2 is 2.03 bits per heavy atom. The van der Waals surface area contributed by atoms with Crippen molar-refractivity contribution in [3.8, 4) is 0 Å². The van der Waals surface area contributed by atoms with Crippen molar-refractivity contribution in [3.05, 3.63) is 55.6 Å². The van der Waals surface area contributed by atoms with Gasteiger partial charge >= 0.3 is 5.97 Å². The van der Waals surface area contributed by atoms with Gasteiger partial charge in [0.25, 0.3) is 0 Å². The van der Waals surface area contributed by atoms with Crippen LogP contribution in [-0.4, -0.2) is 48.1 Å². The van der Waals surface area contributed by atoms with Crippen molar-refractivity contribution in [3.63, 3.8) is 0 Å². The maximum absolute atomic E-state index is 11.9. The zero-order chi connectivity index (χ0) is 21.0. The molecular weight excluding hydrogens is 415 g/mol. The first-order chi connectivity index (χ1) is 13.9. The van der Waals surface area contributed by atoms with Crippen molar-refractivity contribution in [2.24, 2.45) is 5.92 Å². The third-order valence-electron chi connectivity index (χ3n) is 5.86. The lowest BCUT2D eigenvalue weighted by molar-refractivity contribution is -0.527. The number of ether oxygens (including phenoxy) is 1. The van der Waals surface area contributed by atoms with Gasteiger partial charge in [0, 0.05) is 27.9 Å². The highest BCUT2D eigenvalue weighted by Crippen LogP contribution is 2.38. The van der Waals surface area contributed by atoms with Gasteiger partial charge in [0.15, 0.2) is 0 Å². The minimum atomic E-state index is -0.703. The normalized spacial score (nSPS) is 23.5. The maximum Gasteiger partial charge on any atom is 0.309 e. The van der Waals surface area contributed by atoms with Crippen LogP contribution in [0.5, 0.6) is 0 Å². The Hall–Kier alpha value is -1.63. The van der Waals surface area contributed by atoms with Gasteiger partial charge in [0.05, 0.1) is 18.4 Å². The lowest BCUT2D eigenvalue weighted by atomic mass is 9.80. The molecule has 0 N–H and O–H groups in total. The fraction of sp³-hybridized carbons (Fsp3) is 0.571. The van der Waals surface area contributed by atoms with E-state index in [-0.39, 0.29) is 22.7 Å². The van der Waals surface area contributed by atoms with Crippen molar-refractivity contribution >= 4 is 29.2 Å². The van der Waals surface area contributed by atoms with Crippen molar-refractivity contribution in [1.82, 2.24) is 4.90 Å². The number of esters is 1. The van der Waals surface area contributed by atoms with E-state index in [9.17, 15) is 14.9 Å². The summed E-state index contributed by atoms with van der Waals surface area (Å²) in [5, 5.41) is 12.8. The fourth-order valence-electron chi connectivity index (χ4n) is 4.31. The highest BCUT2D eigenvalue weighted by Gasteiger charge is 2.37. The lowest BCUT2D eigenvalue weighted by Crippen LogP contribution is -2.39. The van der Waals surface area contributed by atoms with Crippen LogP contribution in [0.15, 0.2) is 29.8 Å². The molecule has 1 aliphatic carbocycles. The Morgan fingerprint density at radius 1 is 1.31 bits per heavy atom. The van der Waals surface area contributed by atoms with Crippen LogP contribution in [0.2, 0.25) is 10.0 Å². The second kappa shape index (κ2) is 9.92. The standard InChI is InChI=1S/C21H26Cl2N2O4/c1-2-29-21(26)15-7-9-24(10-8-15)13-14-3-5-18(20(11-14)25(27)28)17-6-4-16(22)12-19(17)23/h3-4,6,12,15,18,20H,2,5,7-11,13H2,1H3. The molecule has 1 aromatic rings. The average Bonchev–Trinajstić information content (AvgIpc) is 2.69. The minimum Gasteiger partial charge on any atom is -0.466 e. The van der Waals surface area contributed by atoms with Crippen LogP contribution >= 0.6 is 23.2 Å². The van der Waals surface area contributed by atoms with Gasteiger partial charge in [-0.15, -0.1) is 0 Å². The van der Waals surface area contributed by atoms with E-state index in [4.69, 9.17) is 27.9 Å². The monoisotopic (exact) mass is 440 g/mol. The average molecular weight is 441 g/mol. The summed E-state index contributed by atoms with van der Waals surface area (Å²) in [4.78, 5) is 25.8. The highest BCUT2D eigenvalue weighted by molar-refractivity contribution is 6.35. The maximum atomic E-state index is 11.9. The van der Waals surface area contributed by atoms with Crippen molar-refractivity contribution in [2.45, 2.75) is 44.6 Å². The van der Waals surface area contributed by atoms with Crippen LogP contribution in [0.25, 0.3) is 0 Å². The SMILES string of the molecule is CCOC(=O)C1CCN(CC2=CCC(c3ccc(Cl)cc3Cl)C([N+](=O)[O-])C2)CC1. The van der Waals surface area contributed by atoms with E-state index in [1.54, 1.807) is 18.2 Å². The second-order valence-electron chi connectivity index (χ2n) is 7.73. The summed E-state index contributed by atoms with van der Waals surface area (Å²) >= 11 is 12.3. The van der Waals surface area contributed by atoms with E-state index >= 15 is 0 Å². The molecule has 0 aromatic heterocycles. The van der Waals surface area contributed by atoms with Gasteiger partial charge in [-0.05, 0) is 57.0 Å². The number of halogens is 2. The van der Waals surface area contributed by atoms with Gasteiger partial charge in [-0.25, -0.2) is 0 Å². The Labute approximate surface area is 180 Å². The van der Waals surface area contributed by atoms with Gasteiger partial charge in [0.2, 0.25) is 6.04 Å². The Kier molecular flexibility index (Phi) is 7.55. The molecule has 2 aliphatic rings. The Bertz CT molecular complexity index is 791. The number of nitrogens with zero attached hydrogens (tertiary/aromatic N) is 2. The number of piperidine rings is 1. The Balaban J connectivity index is 1.63. The van der Waals surface area contributed by atoms with E-state index in [0.29, 0.717) is 36.0 Å². The molecule has 1 aliphatic heterocycles. The molecule has 0 amide bonds. The van der Waals surface area contributed by atoms with Crippen molar-refractivity contribution < 1.29 is 14.5 Å². The minimum absolute atomic E-state index is 0.0329. The number of allylic oxidation sites excluding steroid dienone is 1. The number of likely N-dealkylation sites (tertiary alicyclic amines) is 1. The lowest BCUT2D eigenvalue weighted by Gasteiger charge is -2.33. The summed E-state index contributed by atoms with van der Waals surface area (Å²) in [7, 11) is 0. The highest BCUT2D eigenvalue weighted by atomic mass is 35.5. The first-order valence-electron chi connectivity index (χ1n) is 10.0. The molecule has 2 atom stereocenters. The third kappa shape index (κ3) is 5.50. The van der Waals surface area contributed by atoms with Gasteiger partial charge in [0.1, 0.15) is 0 Å². The van der Waals surface area contributed by atoms with Gasteiger partial charge in [-0.3, -0.25) is 19.8 Å². The van der Waals surface area contributed by atoms with E-state index in [0.717, 1.165) is 37.1 Å². The summed E-state index contributed by atoms with van der Waals surface area (Å²) in [5.41, 5.74) is 1.87. The summed E-state index contributed by atoms with van der Waals surface area (Å²) in [5.74, 6) is -0.400. The molecule has 1 heterocycles. The first kappa shape index (κ1) is 22.1. The predicted molar refractivity (Wildman–Crippen MR) is 113 cm³/mol. The molecule has 0 saturated carbocycles. The number of hydrogen-bond donors (Lipinski definition) is 0. The van der Waals surface area contributed by atoms with Crippen LogP contribution < -0.4 is 0 Å². The molecule has 6 nitrogen and oxygen atoms in total. The zero-order valence-electron chi connectivity index (χ0n) is 16.5. The summed E-state index contributed by atoms with van der Waals surface area (Å²) in [6.07, 6.45) is 4.66. The van der Waals surface area contributed by atoms with Crippen molar-refractivity contribution in [2.75, 3.05) is 26.2 Å². The molecule has 1 saturated heterocycles. The quantitative estimate of drug-likeness (QED) is 0.277. The molecule has 8 heteroatoms.